The lowest BCUT2D eigenvalue weighted by molar-refractivity contribution is 0.0938. The summed E-state index contributed by atoms with van der Waals surface area (Å²) < 4.78 is 0. The molecule has 3 aromatic carbocycles. The summed E-state index contributed by atoms with van der Waals surface area (Å²) in [5, 5.41) is 28.6. The smallest absolute Gasteiger partial charge is 0.143 e. The Balaban J connectivity index is 2.30. The Morgan fingerprint density at radius 2 is 1.12 bits per heavy atom. The van der Waals surface area contributed by atoms with Crippen molar-refractivity contribution >= 4 is 11.4 Å². The number of nitrogens with one attached hydrogen (secondary N) is 2. The van der Waals surface area contributed by atoms with E-state index in [0.717, 1.165) is 11.1 Å². The van der Waals surface area contributed by atoms with Crippen molar-refractivity contribution < 1.29 is 5.11 Å². The van der Waals surface area contributed by atoms with Crippen LogP contribution in [0, 0.1) is 10.8 Å². The van der Waals surface area contributed by atoms with Crippen LogP contribution in [0.3, 0.4) is 0 Å². The molecule has 3 aromatic rings. The predicted molar refractivity (Wildman–Crippen MR) is 106 cm³/mol. The highest BCUT2D eigenvalue weighted by molar-refractivity contribution is 6.42. The molecule has 0 saturated carbocycles. The summed E-state index contributed by atoms with van der Waals surface area (Å²) in [5.74, 6) is -0.500. The summed E-state index contributed by atoms with van der Waals surface area (Å²) in [5.41, 5.74) is 0.714. The summed E-state index contributed by atoms with van der Waals surface area (Å²) in [6.45, 7) is 1.54. The lowest BCUT2D eigenvalue weighted by atomic mass is 9.70. The van der Waals surface area contributed by atoms with Gasteiger partial charge in [0.1, 0.15) is 5.60 Å². The highest BCUT2D eigenvalue weighted by atomic mass is 16.3. The van der Waals surface area contributed by atoms with Gasteiger partial charge in [-0.25, -0.2) is 0 Å². The van der Waals surface area contributed by atoms with Gasteiger partial charge in [0.2, 0.25) is 0 Å². The van der Waals surface area contributed by atoms with E-state index in [9.17, 15) is 5.11 Å². The summed E-state index contributed by atoms with van der Waals surface area (Å²) >= 11 is 0. The molecule has 0 aliphatic carbocycles. The fourth-order valence-corrected chi connectivity index (χ4v) is 3.40. The van der Waals surface area contributed by atoms with Gasteiger partial charge in [0, 0.05) is 5.92 Å². The van der Waals surface area contributed by atoms with Gasteiger partial charge in [0.25, 0.3) is 0 Å². The van der Waals surface area contributed by atoms with Crippen LogP contribution in [0.5, 0.6) is 0 Å². The van der Waals surface area contributed by atoms with Gasteiger partial charge in [-0.1, -0.05) is 91.0 Å². The number of hydrogen-bond donors (Lipinski definition) is 3. The van der Waals surface area contributed by atoms with Gasteiger partial charge in [-0.3, -0.25) is 5.41 Å². The van der Waals surface area contributed by atoms with Gasteiger partial charge in [-0.15, -0.1) is 0 Å². The molecular weight excluding hydrogens is 320 g/mol. The fraction of sp³-hybridized carbons (Fsp3) is 0.130. The molecule has 0 heterocycles. The van der Waals surface area contributed by atoms with E-state index in [1.54, 1.807) is 6.92 Å². The third kappa shape index (κ3) is 3.22. The Morgan fingerprint density at radius 1 is 0.731 bits per heavy atom. The van der Waals surface area contributed by atoms with Gasteiger partial charge in [0.05, 0.1) is 11.4 Å². The average molecular weight is 342 g/mol. The molecule has 0 saturated heterocycles. The largest absolute Gasteiger partial charge is 0.378 e. The van der Waals surface area contributed by atoms with Crippen LogP contribution < -0.4 is 0 Å². The molecule has 0 spiro atoms. The van der Waals surface area contributed by atoms with E-state index >= 15 is 0 Å². The van der Waals surface area contributed by atoms with Crippen LogP contribution >= 0.6 is 0 Å². The van der Waals surface area contributed by atoms with Crippen LogP contribution in [0.15, 0.2) is 91.0 Å². The Hall–Kier alpha value is -3.04. The summed E-state index contributed by atoms with van der Waals surface area (Å²) in [6.07, 6.45) is 0. The standard InChI is InChI=1S/C23H22N2O/c1-17(24)22(25)23(26,20-15-9-4-10-16-20)21(18-11-5-2-6-12-18)19-13-7-3-8-14-19/h2-16,21,24-26H,1H3. The molecule has 26 heavy (non-hydrogen) atoms. The molecule has 3 rings (SSSR count). The van der Waals surface area contributed by atoms with Crippen molar-refractivity contribution in [2.45, 2.75) is 18.4 Å². The zero-order chi connectivity index (χ0) is 18.6. The number of hydrogen-bond acceptors (Lipinski definition) is 3. The second kappa shape index (κ2) is 7.46. The molecule has 0 bridgehead atoms. The van der Waals surface area contributed by atoms with Crippen molar-refractivity contribution in [3.05, 3.63) is 108 Å². The molecule has 0 radical (unpaired) electrons. The Bertz CT molecular complexity index is 852. The first kappa shape index (κ1) is 17.8. The lowest BCUT2D eigenvalue weighted by Gasteiger charge is -2.38. The summed E-state index contributed by atoms with van der Waals surface area (Å²) in [7, 11) is 0. The molecule has 3 heteroatoms. The zero-order valence-corrected chi connectivity index (χ0v) is 14.7. The van der Waals surface area contributed by atoms with E-state index in [1.807, 2.05) is 91.0 Å². The molecule has 130 valence electrons. The van der Waals surface area contributed by atoms with Gasteiger partial charge >= 0.3 is 0 Å². The van der Waals surface area contributed by atoms with Crippen molar-refractivity contribution in [3.8, 4) is 0 Å². The van der Waals surface area contributed by atoms with E-state index in [2.05, 4.69) is 0 Å². The third-order valence-corrected chi connectivity index (χ3v) is 4.65. The number of rotatable bonds is 6. The molecule has 1 atom stereocenters. The maximum atomic E-state index is 11.9. The molecule has 0 amide bonds. The van der Waals surface area contributed by atoms with Crippen molar-refractivity contribution in [2.24, 2.45) is 0 Å². The lowest BCUT2D eigenvalue weighted by Crippen LogP contribution is -2.44. The topological polar surface area (TPSA) is 67.9 Å². The van der Waals surface area contributed by atoms with E-state index in [-0.39, 0.29) is 11.4 Å². The van der Waals surface area contributed by atoms with E-state index < -0.39 is 11.5 Å². The number of aliphatic hydroxyl groups is 1. The first-order valence-electron chi connectivity index (χ1n) is 8.57. The summed E-state index contributed by atoms with van der Waals surface area (Å²) in [4.78, 5) is 0. The van der Waals surface area contributed by atoms with Crippen molar-refractivity contribution in [1.82, 2.24) is 0 Å². The molecule has 0 aliphatic rings. The van der Waals surface area contributed by atoms with Gasteiger partial charge in [0.15, 0.2) is 0 Å². The monoisotopic (exact) mass is 342 g/mol. The van der Waals surface area contributed by atoms with Gasteiger partial charge in [-0.05, 0) is 23.6 Å². The van der Waals surface area contributed by atoms with E-state index in [4.69, 9.17) is 10.8 Å². The molecule has 3 nitrogen and oxygen atoms in total. The zero-order valence-electron chi connectivity index (χ0n) is 14.7. The Labute approximate surface area is 154 Å². The first-order chi connectivity index (χ1) is 12.5. The summed E-state index contributed by atoms with van der Waals surface area (Å²) in [6, 6.07) is 28.6. The highest BCUT2D eigenvalue weighted by Crippen LogP contribution is 2.42. The van der Waals surface area contributed by atoms with Crippen LogP contribution in [0.1, 0.15) is 29.5 Å². The average Bonchev–Trinajstić information content (AvgIpc) is 2.69. The van der Waals surface area contributed by atoms with Crippen LogP contribution in [0.4, 0.5) is 0 Å². The van der Waals surface area contributed by atoms with Crippen molar-refractivity contribution in [2.75, 3.05) is 0 Å². The quantitative estimate of drug-likeness (QED) is 0.555. The molecule has 3 N–H and O–H groups in total. The minimum absolute atomic E-state index is 0.0493. The maximum Gasteiger partial charge on any atom is 0.143 e. The maximum absolute atomic E-state index is 11.9. The molecule has 0 fully saturated rings. The SMILES string of the molecule is CC(=N)C(=N)C(O)(c1ccccc1)C(c1ccccc1)c1ccccc1. The van der Waals surface area contributed by atoms with Gasteiger partial charge < -0.3 is 10.5 Å². The second-order valence-corrected chi connectivity index (χ2v) is 6.39. The van der Waals surface area contributed by atoms with Crippen LogP contribution in [-0.2, 0) is 5.60 Å². The Morgan fingerprint density at radius 3 is 1.50 bits per heavy atom. The molecule has 0 aliphatic heterocycles. The van der Waals surface area contributed by atoms with Crippen molar-refractivity contribution in [3.63, 3.8) is 0 Å². The molecular formula is C23H22N2O. The second-order valence-electron chi connectivity index (χ2n) is 6.39. The van der Waals surface area contributed by atoms with Crippen LogP contribution in [0.25, 0.3) is 0 Å². The normalized spacial score (nSPS) is 13.2. The fourth-order valence-electron chi connectivity index (χ4n) is 3.40. The van der Waals surface area contributed by atoms with Gasteiger partial charge in [-0.2, -0.15) is 0 Å². The minimum atomic E-state index is -1.64. The Kier molecular flexibility index (Phi) is 5.10. The van der Waals surface area contributed by atoms with Crippen molar-refractivity contribution in [1.29, 1.82) is 10.8 Å². The predicted octanol–water partition coefficient (Wildman–Crippen LogP) is 4.77. The minimum Gasteiger partial charge on any atom is -0.378 e. The number of benzene rings is 3. The highest BCUT2D eigenvalue weighted by Gasteiger charge is 2.44. The third-order valence-electron chi connectivity index (χ3n) is 4.65. The molecule has 0 aromatic heterocycles. The van der Waals surface area contributed by atoms with E-state index in [1.165, 1.54) is 0 Å². The first-order valence-corrected chi connectivity index (χ1v) is 8.57. The van der Waals surface area contributed by atoms with Crippen LogP contribution in [0.2, 0.25) is 0 Å². The molecule has 1 unspecified atom stereocenters. The van der Waals surface area contributed by atoms with E-state index in [0.29, 0.717) is 5.56 Å². The van der Waals surface area contributed by atoms with Crippen LogP contribution in [-0.4, -0.2) is 16.5 Å².